The molecule has 6 heteroatoms. The third-order valence-corrected chi connectivity index (χ3v) is 4.89. The van der Waals surface area contributed by atoms with E-state index in [0.29, 0.717) is 28.1 Å². The van der Waals surface area contributed by atoms with Crippen LogP contribution >= 0.6 is 11.3 Å². The molecule has 0 saturated carbocycles. The average Bonchev–Trinajstić information content (AvgIpc) is 3.13. The van der Waals surface area contributed by atoms with Crippen molar-refractivity contribution in [2.45, 2.75) is 19.9 Å². The second kappa shape index (κ2) is 6.57. The summed E-state index contributed by atoms with van der Waals surface area (Å²) in [5.74, 6) is 1.08. The summed E-state index contributed by atoms with van der Waals surface area (Å²) in [6, 6.07) is 7.64. The number of hydrogen-bond donors (Lipinski definition) is 1. The van der Waals surface area contributed by atoms with Crippen LogP contribution in [0.3, 0.4) is 0 Å². The van der Waals surface area contributed by atoms with Crippen molar-refractivity contribution in [1.82, 2.24) is 4.57 Å². The van der Waals surface area contributed by atoms with E-state index in [4.69, 9.17) is 9.47 Å². The molecule has 0 aliphatic carbocycles. The summed E-state index contributed by atoms with van der Waals surface area (Å²) in [5.41, 5.74) is 0.669. The lowest BCUT2D eigenvalue weighted by atomic mass is 10.2. The van der Waals surface area contributed by atoms with Crippen LogP contribution in [0.1, 0.15) is 29.6 Å². The highest BCUT2D eigenvalue weighted by molar-refractivity contribution is 7.20. The number of carbonyl (C=O) groups excluding carboxylic acids is 1. The summed E-state index contributed by atoms with van der Waals surface area (Å²) in [4.78, 5) is 13.2. The van der Waals surface area contributed by atoms with E-state index in [9.17, 15) is 4.79 Å². The van der Waals surface area contributed by atoms with Crippen LogP contribution in [0.2, 0.25) is 0 Å². The summed E-state index contributed by atoms with van der Waals surface area (Å²) in [7, 11) is 3.15. The number of anilines is 1. The molecule has 2 aromatic heterocycles. The van der Waals surface area contributed by atoms with Gasteiger partial charge >= 0.3 is 0 Å². The standard InChI is InChI=1S/C18H20N2O3S/c1-11(2)20-9-12-7-16(24-17(12)10-20)18(21)19-13-5-6-14(22-3)15(8-13)23-4/h5-11H,1-4H3,(H,19,21). The third kappa shape index (κ3) is 3.10. The predicted molar refractivity (Wildman–Crippen MR) is 97.7 cm³/mol. The quantitative estimate of drug-likeness (QED) is 0.738. The van der Waals surface area contributed by atoms with Crippen molar-refractivity contribution in [1.29, 1.82) is 0 Å². The summed E-state index contributed by atoms with van der Waals surface area (Å²) in [6.45, 7) is 4.27. The topological polar surface area (TPSA) is 52.5 Å². The molecule has 0 radical (unpaired) electrons. The van der Waals surface area contributed by atoms with Gasteiger partial charge in [-0.05, 0) is 32.0 Å². The van der Waals surface area contributed by atoms with Crippen molar-refractivity contribution in [2.24, 2.45) is 0 Å². The molecule has 0 unspecified atom stereocenters. The Kier molecular flexibility index (Phi) is 4.49. The van der Waals surface area contributed by atoms with Gasteiger partial charge in [0.05, 0.1) is 23.8 Å². The molecule has 0 bridgehead atoms. The SMILES string of the molecule is COc1ccc(NC(=O)c2cc3cn(C(C)C)cc3s2)cc1OC. The Bertz CT molecular complexity index is 848. The van der Waals surface area contributed by atoms with Crippen molar-refractivity contribution in [3.8, 4) is 11.5 Å². The molecule has 126 valence electrons. The Hall–Kier alpha value is -2.47. The fraction of sp³-hybridized carbons (Fsp3) is 0.278. The number of aromatic nitrogens is 1. The number of fused-ring (bicyclic) bond motifs is 1. The molecule has 1 N–H and O–H groups in total. The van der Waals surface area contributed by atoms with E-state index in [1.807, 2.05) is 6.07 Å². The second-order valence-electron chi connectivity index (χ2n) is 5.75. The van der Waals surface area contributed by atoms with E-state index in [1.165, 1.54) is 11.3 Å². The minimum absolute atomic E-state index is 0.125. The fourth-order valence-electron chi connectivity index (χ4n) is 2.47. The first kappa shape index (κ1) is 16.4. The number of amides is 1. The summed E-state index contributed by atoms with van der Waals surface area (Å²) >= 11 is 1.49. The smallest absolute Gasteiger partial charge is 0.265 e. The first-order chi connectivity index (χ1) is 11.5. The van der Waals surface area contributed by atoms with Crippen molar-refractivity contribution < 1.29 is 14.3 Å². The maximum absolute atomic E-state index is 12.5. The van der Waals surface area contributed by atoms with E-state index in [-0.39, 0.29) is 5.91 Å². The number of thiophene rings is 1. The van der Waals surface area contributed by atoms with Gasteiger partial charge in [0.2, 0.25) is 0 Å². The Balaban J connectivity index is 1.80. The Morgan fingerprint density at radius 3 is 2.50 bits per heavy atom. The lowest BCUT2D eigenvalue weighted by Crippen LogP contribution is -2.10. The summed E-state index contributed by atoms with van der Waals surface area (Å²) in [6.07, 6.45) is 4.15. The number of carbonyl (C=O) groups is 1. The zero-order valence-corrected chi connectivity index (χ0v) is 14.9. The molecule has 3 aromatic rings. The van der Waals surface area contributed by atoms with Gasteiger partial charge in [-0.1, -0.05) is 0 Å². The van der Waals surface area contributed by atoms with Gasteiger partial charge in [0, 0.05) is 35.6 Å². The van der Waals surface area contributed by atoms with Crippen LogP contribution in [0.5, 0.6) is 11.5 Å². The van der Waals surface area contributed by atoms with Crippen LogP contribution in [0.4, 0.5) is 5.69 Å². The van der Waals surface area contributed by atoms with E-state index >= 15 is 0 Å². The van der Waals surface area contributed by atoms with Crippen LogP contribution in [0.25, 0.3) is 10.1 Å². The molecule has 1 aromatic carbocycles. The molecule has 0 aliphatic heterocycles. The number of ether oxygens (including phenoxy) is 2. The Morgan fingerprint density at radius 1 is 1.12 bits per heavy atom. The first-order valence-electron chi connectivity index (χ1n) is 7.66. The van der Waals surface area contributed by atoms with Crippen molar-refractivity contribution in [3.63, 3.8) is 0 Å². The van der Waals surface area contributed by atoms with Crippen molar-refractivity contribution in [3.05, 3.63) is 41.5 Å². The molecule has 0 saturated heterocycles. The molecule has 0 atom stereocenters. The number of benzene rings is 1. The first-order valence-corrected chi connectivity index (χ1v) is 8.48. The summed E-state index contributed by atoms with van der Waals surface area (Å²) in [5, 5.41) is 3.99. The van der Waals surface area contributed by atoms with Crippen LogP contribution in [0, 0.1) is 0 Å². The van der Waals surface area contributed by atoms with Gasteiger partial charge in [-0.3, -0.25) is 4.79 Å². The highest BCUT2D eigenvalue weighted by atomic mass is 32.1. The van der Waals surface area contributed by atoms with Crippen LogP contribution in [-0.4, -0.2) is 24.7 Å². The number of nitrogens with zero attached hydrogens (tertiary/aromatic N) is 1. The minimum Gasteiger partial charge on any atom is -0.493 e. The second-order valence-corrected chi connectivity index (χ2v) is 6.84. The molecule has 3 rings (SSSR count). The zero-order chi connectivity index (χ0) is 17.3. The molecule has 1 amide bonds. The van der Waals surface area contributed by atoms with E-state index < -0.39 is 0 Å². The van der Waals surface area contributed by atoms with Crippen LogP contribution < -0.4 is 14.8 Å². The molecule has 0 spiro atoms. The summed E-state index contributed by atoms with van der Waals surface area (Å²) < 4.78 is 13.7. The van der Waals surface area contributed by atoms with Crippen molar-refractivity contribution >= 4 is 33.0 Å². The third-order valence-electron chi connectivity index (χ3n) is 3.81. The van der Waals surface area contributed by atoms with E-state index in [0.717, 1.165) is 10.1 Å². The average molecular weight is 344 g/mol. The lowest BCUT2D eigenvalue weighted by molar-refractivity contribution is 0.103. The van der Waals surface area contributed by atoms with E-state index in [1.54, 1.807) is 32.4 Å². The molecule has 5 nitrogen and oxygen atoms in total. The molecule has 0 aliphatic rings. The predicted octanol–water partition coefficient (Wildman–Crippen LogP) is 4.55. The number of nitrogens with one attached hydrogen (secondary N) is 1. The molecular formula is C18H20N2O3S. The molecule has 24 heavy (non-hydrogen) atoms. The largest absolute Gasteiger partial charge is 0.493 e. The van der Waals surface area contributed by atoms with Gasteiger partial charge < -0.3 is 19.4 Å². The minimum atomic E-state index is -0.125. The lowest BCUT2D eigenvalue weighted by Gasteiger charge is -2.10. The number of rotatable bonds is 5. The normalized spacial score (nSPS) is 11.0. The zero-order valence-electron chi connectivity index (χ0n) is 14.1. The Labute approximate surface area is 144 Å². The van der Waals surface area contributed by atoms with Crippen LogP contribution in [0.15, 0.2) is 36.7 Å². The Morgan fingerprint density at radius 2 is 1.88 bits per heavy atom. The van der Waals surface area contributed by atoms with Gasteiger partial charge in [0.25, 0.3) is 5.91 Å². The van der Waals surface area contributed by atoms with Crippen LogP contribution in [-0.2, 0) is 0 Å². The highest BCUT2D eigenvalue weighted by Gasteiger charge is 2.14. The number of methoxy groups -OCH3 is 2. The molecule has 0 fully saturated rings. The maximum Gasteiger partial charge on any atom is 0.265 e. The monoisotopic (exact) mass is 344 g/mol. The molecule has 2 heterocycles. The highest BCUT2D eigenvalue weighted by Crippen LogP contribution is 2.31. The van der Waals surface area contributed by atoms with Crippen molar-refractivity contribution in [2.75, 3.05) is 19.5 Å². The molecular weight excluding hydrogens is 324 g/mol. The van der Waals surface area contributed by atoms with Gasteiger partial charge in [-0.25, -0.2) is 0 Å². The van der Waals surface area contributed by atoms with Gasteiger partial charge in [0.15, 0.2) is 11.5 Å². The van der Waals surface area contributed by atoms with E-state index in [2.05, 4.69) is 36.1 Å². The van der Waals surface area contributed by atoms with Gasteiger partial charge in [-0.15, -0.1) is 11.3 Å². The number of hydrogen-bond acceptors (Lipinski definition) is 4. The fourth-order valence-corrected chi connectivity index (χ4v) is 3.44. The van der Waals surface area contributed by atoms with Gasteiger partial charge in [-0.2, -0.15) is 0 Å². The maximum atomic E-state index is 12.5. The van der Waals surface area contributed by atoms with Gasteiger partial charge in [0.1, 0.15) is 0 Å².